The first kappa shape index (κ1) is 15.0. The zero-order valence-corrected chi connectivity index (χ0v) is 14.1. The molecule has 0 unspecified atom stereocenters. The van der Waals surface area contributed by atoms with Crippen LogP contribution in [0.15, 0.2) is 43.1 Å². The highest BCUT2D eigenvalue weighted by Crippen LogP contribution is 2.33. The van der Waals surface area contributed by atoms with Gasteiger partial charge in [0.2, 0.25) is 0 Å². The van der Waals surface area contributed by atoms with Gasteiger partial charge in [-0.25, -0.2) is 19.5 Å². The Morgan fingerprint density at radius 2 is 1.90 bits per heavy atom. The van der Waals surface area contributed by atoms with Crippen molar-refractivity contribution in [2.75, 3.05) is 0 Å². The zero-order valence-electron chi connectivity index (χ0n) is 11.1. The van der Waals surface area contributed by atoms with Crippen molar-refractivity contribution in [3.05, 3.63) is 48.8 Å². The van der Waals surface area contributed by atoms with Crippen LogP contribution in [-0.2, 0) is 7.05 Å². The van der Waals surface area contributed by atoms with Crippen molar-refractivity contribution in [1.82, 2.24) is 15.0 Å². The van der Waals surface area contributed by atoms with Crippen molar-refractivity contribution in [1.29, 1.82) is 0 Å². The van der Waals surface area contributed by atoms with Crippen molar-refractivity contribution in [3.63, 3.8) is 0 Å². The molecule has 3 aromatic rings. The lowest BCUT2D eigenvalue weighted by atomic mass is 10.3. The average Bonchev–Trinajstić information content (AvgIpc) is 2.83. The van der Waals surface area contributed by atoms with E-state index >= 15 is 0 Å². The molecule has 6 heteroatoms. The van der Waals surface area contributed by atoms with Gasteiger partial charge in [-0.15, -0.1) is 11.3 Å². The molecule has 0 saturated carbocycles. The number of hydrogen-bond donors (Lipinski definition) is 0. The summed E-state index contributed by atoms with van der Waals surface area (Å²) in [4.78, 5) is 14.0. The highest BCUT2D eigenvalue weighted by atomic mass is 127. The third kappa shape index (κ3) is 3.01. The highest BCUT2D eigenvalue weighted by Gasteiger charge is 2.12. The van der Waals surface area contributed by atoms with E-state index in [4.69, 9.17) is 0 Å². The van der Waals surface area contributed by atoms with E-state index in [2.05, 4.69) is 27.1 Å². The Morgan fingerprint density at radius 3 is 2.55 bits per heavy atom. The minimum absolute atomic E-state index is 0. The predicted molar refractivity (Wildman–Crippen MR) is 74.5 cm³/mol. The fraction of sp³-hybridized carbons (Fsp3) is 0.143. The summed E-state index contributed by atoms with van der Waals surface area (Å²) in [5.41, 5.74) is 3.07. The monoisotopic (exact) mass is 396 g/mol. The van der Waals surface area contributed by atoms with E-state index in [1.807, 2.05) is 37.0 Å². The van der Waals surface area contributed by atoms with Gasteiger partial charge in [-0.05, 0) is 13.0 Å². The minimum atomic E-state index is 0. The number of aryl methyl sites for hydroxylation is 2. The fourth-order valence-corrected chi connectivity index (χ4v) is 2.87. The molecule has 0 aromatic carbocycles. The molecule has 0 aliphatic heterocycles. The molecular weight excluding hydrogens is 383 g/mol. The van der Waals surface area contributed by atoms with Crippen molar-refractivity contribution < 1.29 is 28.5 Å². The van der Waals surface area contributed by atoms with Crippen LogP contribution < -0.4 is 28.5 Å². The molecule has 0 aliphatic rings. The molecule has 0 bridgehead atoms. The standard InChI is InChI=1S/C14H13N4S.HI/c1-10-13(12-3-6-15-9-16-12)19-14(17-10)11-4-7-18(2)8-5-11;/h3-9H,1-2H3;1H/q+1;/p-1. The normalized spacial score (nSPS) is 10.1. The summed E-state index contributed by atoms with van der Waals surface area (Å²) >= 11 is 1.66. The maximum absolute atomic E-state index is 4.64. The second-order valence-electron chi connectivity index (χ2n) is 4.28. The smallest absolute Gasteiger partial charge is 0.169 e. The highest BCUT2D eigenvalue weighted by molar-refractivity contribution is 7.18. The number of halogens is 1. The lowest BCUT2D eigenvalue weighted by molar-refractivity contribution is -0.671. The Kier molecular flexibility index (Phi) is 4.77. The van der Waals surface area contributed by atoms with Gasteiger partial charge in [0.25, 0.3) is 0 Å². The second-order valence-corrected chi connectivity index (χ2v) is 5.28. The first-order valence-corrected chi connectivity index (χ1v) is 6.75. The van der Waals surface area contributed by atoms with Crippen LogP contribution in [0.3, 0.4) is 0 Å². The van der Waals surface area contributed by atoms with Crippen LogP contribution in [0.25, 0.3) is 21.1 Å². The molecule has 4 nitrogen and oxygen atoms in total. The summed E-state index contributed by atoms with van der Waals surface area (Å²) in [7, 11) is 2.00. The summed E-state index contributed by atoms with van der Waals surface area (Å²) < 4.78 is 2.01. The molecule has 3 rings (SSSR count). The molecule has 0 fully saturated rings. The van der Waals surface area contributed by atoms with Gasteiger partial charge in [-0.3, -0.25) is 0 Å². The van der Waals surface area contributed by atoms with Crippen molar-refractivity contribution in [2.45, 2.75) is 6.92 Å². The molecule has 20 heavy (non-hydrogen) atoms. The molecule has 0 atom stereocenters. The quantitative estimate of drug-likeness (QED) is 0.430. The Morgan fingerprint density at radius 1 is 1.15 bits per heavy atom. The number of rotatable bonds is 2. The van der Waals surface area contributed by atoms with E-state index in [0.717, 1.165) is 26.8 Å². The van der Waals surface area contributed by atoms with Gasteiger partial charge >= 0.3 is 0 Å². The third-order valence-corrected chi connectivity index (χ3v) is 4.07. The van der Waals surface area contributed by atoms with E-state index in [1.54, 1.807) is 23.9 Å². The SMILES string of the molecule is Cc1nc(-c2cc[n+](C)cc2)sc1-c1ccncn1.[I-]. The third-order valence-electron chi connectivity index (χ3n) is 2.84. The van der Waals surface area contributed by atoms with E-state index in [9.17, 15) is 0 Å². The largest absolute Gasteiger partial charge is 1.00 e. The Bertz CT molecular complexity index is 695. The molecule has 0 aliphatic carbocycles. The molecule has 0 radical (unpaired) electrons. The summed E-state index contributed by atoms with van der Waals surface area (Å²) in [5.74, 6) is 0. The number of hydrogen-bond acceptors (Lipinski definition) is 4. The summed E-state index contributed by atoms with van der Waals surface area (Å²) in [5, 5.41) is 1.02. The molecule has 0 spiro atoms. The van der Waals surface area contributed by atoms with E-state index in [-0.39, 0.29) is 24.0 Å². The molecule has 0 amide bonds. The summed E-state index contributed by atoms with van der Waals surface area (Å²) in [6, 6.07) is 6.05. The van der Waals surface area contributed by atoms with E-state index < -0.39 is 0 Å². The van der Waals surface area contributed by atoms with Crippen LogP contribution in [0.1, 0.15) is 5.69 Å². The lowest BCUT2D eigenvalue weighted by Gasteiger charge is -1.95. The fourth-order valence-electron chi connectivity index (χ4n) is 1.83. The van der Waals surface area contributed by atoms with Gasteiger partial charge < -0.3 is 24.0 Å². The van der Waals surface area contributed by atoms with E-state index in [1.165, 1.54) is 0 Å². The van der Waals surface area contributed by atoms with Gasteiger partial charge in [0.15, 0.2) is 12.4 Å². The molecular formula is C14H13IN4S. The van der Waals surface area contributed by atoms with Crippen LogP contribution in [0.4, 0.5) is 0 Å². The van der Waals surface area contributed by atoms with Crippen LogP contribution in [-0.4, -0.2) is 15.0 Å². The molecule has 3 heterocycles. The number of thiazole rings is 1. The van der Waals surface area contributed by atoms with Gasteiger partial charge in [-0.2, -0.15) is 0 Å². The van der Waals surface area contributed by atoms with Gasteiger partial charge in [0, 0.05) is 23.9 Å². The van der Waals surface area contributed by atoms with E-state index in [0.29, 0.717) is 0 Å². The Labute approximate surface area is 138 Å². The first-order valence-electron chi connectivity index (χ1n) is 5.93. The Balaban J connectivity index is 0.00000147. The van der Waals surface area contributed by atoms with Crippen LogP contribution in [0, 0.1) is 6.92 Å². The molecule has 3 aromatic heterocycles. The predicted octanol–water partition coefficient (Wildman–Crippen LogP) is -0.596. The maximum Gasteiger partial charge on any atom is 0.169 e. The van der Waals surface area contributed by atoms with Crippen molar-refractivity contribution >= 4 is 11.3 Å². The van der Waals surface area contributed by atoms with Gasteiger partial charge in [0.05, 0.1) is 16.3 Å². The minimum Gasteiger partial charge on any atom is -1.00 e. The average molecular weight is 396 g/mol. The lowest BCUT2D eigenvalue weighted by Crippen LogP contribution is -3.00. The van der Waals surface area contributed by atoms with Crippen LogP contribution >= 0.6 is 11.3 Å². The maximum atomic E-state index is 4.64. The van der Waals surface area contributed by atoms with Gasteiger partial charge in [0.1, 0.15) is 18.4 Å². The Hall–Kier alpha value is -1.41. The van der Waals surface area contributed by atoms with Gasteiger partial charge in [-0.1, -0.05) is 0 Å². The molecule has 102 valence electrons. The van der Waals surface area contributed by atoms with Crippen molar-refractivity contribution in [3.8, 4) is 21.1 Å². The van der Waals surface area contributed by atoms with Crippen LogP contribution in [0.5, 0.6) is 0 Å². The summed E-state index contributed by atoms with van der Waals surface area (Å²) in [6.45, 7) is 2.01. The van der Waals surface area contributed by atoms with Crippen LogP contribution in [0.2, 0.25) is 0 Å². The number of nitrogens with zero attached hydrogens (tertiary/aromatic N) is 4. The zero-order chi connectivity index (χ0) is 13.2. The topological polar surface area (TPSA) is 42.5 Å². The second kappa shape index (κ2) is 6.36. The number of aromatic nitrogens is 4. The van der Waals surface area contributed by atoms with Crippen molar-refractivity contribution in [2.24, 2.45) is 7.05 Å². The molecule has 0 saturated heterocycles. The molecule has 0 N–H and O–H groups in total. The first-order chi connectivity index (χ1) is 9.24. The summed E-state index contributed by atoms with van der Waals surface area (Å²) in [6.07, 6.45) is 7.37. The number of pyridine rings is 1.